The highest BCUT2D eigenvalue weighted by molar-refractivity contribution is 5.93. The molecule has 92 valence electrons. The van der Waals surface area contributed by atoms with E-state index in [4.69, 9.17) is 10.2 Å². The normalized spacial score (nSPS) is 11.9. The lowest BCUT2D eigenvalue weighted by Gasteiger charge is -2.12. The van der Waals surface area contributed by atoms with Crippen LogP contribution in [0.2, 0.25) is 0 Å². The lowest BCUT2D eigenvalue weighted by Crippen LogP contribution is -2.22. The van der Waals surface area contributed by atoms with E-state index in [0.29, 0.717) is 0 Å². The number of rotatable bonds is 5. The molecular formula is C9H11N3O5. The monoisotopic (exact) mass is 241 g/mol. The third-order valence-electron chi connectivity index (χ3n) is 1.97. The fourth-order valence-electron chi connectivity index (χ4n) is 1.11. The van der Waals surface area contributed by atoms with Crippen LogP contribution in [0.4, 0.5) is 11.5 Å². The molecule has 0 fully saturated rings. The predicted octanol–water partition coefficient (Wildman–Crippen LogP) is 0.481. The molecule has 1 atom stereocenters. The van der Waals surface area contributed by atoms with Gasteiger partial charge in [-0.3, -0.25) is 10.1 Å². The van der Waals surface area contributed by atoms with Gasteiger partial charge in [0.2, 0.25) is 0 Å². The lowest BCUT2D eigenvalue weighted by atomic mass is 10.2. The van der Waals surface area contributed by atoms with E-state index >= 15 is 0 Å². The van der Waals surface area contributed by atoms with Crippen LogP contribution in [0.5, 0.6) is 0 Å². The predicted molar refractivity (Wildman–Crippen MR) is 58.0 cm³/mol. The van der Waals surface area contributed by atoms with Crippen LogP contribution in [-0.2, 0) is 0 Å². The number of nitrogens with zero attached hydrogens (tertiary/aromatic N) is 2. The molecule has 0 saturated carbocycles. The molecule has 0 aliphatic carbocycles. The van der Waals surface area contributed by atoms with Crippen LogP contribution < -0.4 is 5.32 Å². The zero-order chi connectivity index (χ0) is 13.0. The van der Waals surface area contributed by atoms with Crippen molar-refractivity contribution in [3.05, 3.63) is 27.9 Å². The molecule has 8 heteroatoms. The number of pyridine rings is 1. The van der Waals surface area contributed by atoms with Crippen LogP contribution in [0.15, 0.2) is 12.3 Å². The van der Waals surface area contributed by atoms with Crippen molar-refractivity contribution in [2.45, 2.75) is 13.0 Å². The summed E-state index contributed by atoms with van der Waals surface area (Å²) in [6.07, 6.45) is 0.957. The number of hydrogen-bond donors (Lipinski definition) is 3. The molecule has 0 bridgehead atoms. The Kier molecular flexibility index (Phi) is 3.94. The minimum Gasteiger partial charge on any atom is -0.478 e. The Morgan fingerprint density at radius 2 is 2.35 bits per heavy atom. The maximum absolute atomic E-state index is 10.9. The van der Waals surface area contributed by atoms with Gasteiger partial charge in [-0.2, -0.15) is 0 Å². The van der Waals surface area contributed by atoms with Crippen molar-refractivity contribution in [2.75, 3.05) is 11.9 Å². The first-order valence-corrected chi connectivity index (χ1v) is 4.70. The fraction of sp³-hybridized carbons (Fsp3) is 0.333. The Balaban J connectivity index is 3.13. The largest absolute Gasteiger partial charge is 0.478 e. The minimum absolute atomic E-state index is 0.00958. The summed E-state index contributed by atoms with van der Waals surface area (Å²) in [5.74, 6) is -1.33. The van der Waals surface area contributed by atoms with Gasteiger partial charge in [-0.15, -0.1) is 0 Å². The van der Waals surface area contributed by atoms with Crippen molar-refractivity contribution < 1.29 is 19.9 Å². The molecule has 0 aromatic carbocycles. The maximum Gasteiger partial charge on any atom is 0.339 e. The summed E-state index contributed by atoms with van der Waals surface area (Å²) in [6, 6.07) is 0.518. The molecule has 3 N–H and O–H groups in total. The SMILES string of the molecule is CC(CO)Nc1ncc([N+](=O)[O-])cc1C(=O)O. The molecule has 0 amide bonds. The minimum atomic E-state index is -1.33. The zero-order valence-corrected chi connectivity index (χ0v) is 8.95. The molecule has 0 aliphatic rings. The standard InChI is InChI=1S/C9H11N3O5/c1-5(4-13)11-8-7(9(14)15)2-6(3-10-8)12(16)17/h2-3,5,13H,4H2,1H3,(H,10,11)(H,14,15). The second-order valence-electron chi connectivity index (χ2n) is 3.38. The van der Waals surface area contributed by atoms with E-state index in [1.165, 1.54) is 0 Å². The first-order chi connectivity index (χ1) is 7.95. The molecule has 1 aromatic heterocycles. The number of aromatic nitrogens is 1. The van der Waals surface area contributed by atoms with Crippen molar-refractivity contribution in [3.8, 4) is 0 Å². The summed E-state index contributed by atoms with van der Waals surface area (Å²) in [5.41, 5.74) is -0.705. The number of aliphatic hydroxyl groups is 1. The van der Waals surface area contributed by atoms with Gasteiger partial charge < -0.3 is 15.5 Å². The molecule has 1 aromatic rings. The number of carboxylic acid groups (broad SMARTS) is 1. The highest BCUT2D eigenvalue weighted by Crippen LogP contribution is 2.19. The number of anilines is 1. The van der Waals surface area contributed by atoms with Gasteiger partial charge in [-0.25, -0.2) is 9.78 Å². The van der Waals surface area contributed by atoms with Gasteiger partial charge >= 0.3 is 5.97 Å². The lowest BCUT2D eigenvalue weighted by molar-refractivity contribution is -0.385. The molecule has 0 radical (unpaired) electrons. The Hall–Kier alpha value is -2.22. The fourth-order valence-corrected chi connectivity index (χ4v) is 1.11. The van der Waals surface area contributed by atoms with Crippen molar-refractivity contribution in [1.29, 1.82) is 0 Å². The third kappa shape index (κ3) is 3.11. The van der Waals surface area contributed by atoms with E-state index in [0.717, 1.165) is 12.3 Å². The molecule has 0 aliphatic heterocycles. The summed E-state index contributed by atoms with van der Waals surface area (Å²) in [5, 5.41) is 30.8. The van der Waals surface area contributed by atoms with E-state index in [1.807, 2.05) is 0 Å². The summed E-state index contributed by atoms with van der Waals surface area (Å²) in [6.45, 7) is 1.41. The second kappa shape index (κ2) is 5.21. The number of carbonyl (C=O) groups is 1. The highest BCUT2D eigenvalue weighted by Gasteiger charge is 2.18. The summed E-state index contributed by atoms with van der Waals surface area (Å²) in [4.78, 5) is 24.3. The second-order valence-corrected chi connectivity index (χ2v) is 3.38. The third-order valence-corrected chi connectivity index (χ3v) is 1.97. The van der Waals surface area contributed by atoms with Gasteiger partial charge in [-0.05, 0) is 6.92 Å². The number of aromatic carboxylic acids is 1. The van der Waals surface area contributed by atoms with E-state index in [1.54, 1.807) is 6.92 Å². The zero-order valence-electron chi connectivity index (χ0n) is 8.95. The quantitative estimate of drug-likeness (QED) is 0.505. The highest BCUT2D eigenvalue weighted by atomic mass is 16.6. The summed E-state index contributed by atoms with van der Waals surface area (Å²) in [7, 11) is 0. The Labute approximate surface area is 96.1 Å². The Morgan fingerprint density at radius 1 is 1.71 bits per heavy atom. The Morgan fingerprint density at radius 3 is 2.82 bits per heavy atom. The van der Waals surface area contributed by atoms with E-state index < -0.39 is 22.6 Å². The molecular weight excluding hydrogens is 230 g/mol. The van der Waals surface area contributed by atoms with Gasteiger partial charge in [0, 0.05) is 12.1 Å². The molecule has 0 spiro atoms. The summed E-state index contributed by atoms with van der Waals surface area (Å²) >= 11 is 0. The van der Waals surface area contributed by atoms with Crippen molar-refractivity contribution >= 4 is 17.5 Å². The van der Waals surface area contributed by atoms with Crippen LogP contribution in [0.1, 0.15) is 17.3 Å². The average Bonchev–Trinajstić information content (AvgIpc) is 2.28. The van der Waals surface area contributed by atoms with Gasteiger partial charge in [0.1, 0.15) is 17.6 Å². The van der Waals surface area contributed by atoms with Gasteiger partial charge in [-0.1, -0.05) is 0 Å². The molecule has 8 nitrogen and oxygen atoms in total. The molecule has 1 heterocycles. The van der Waals surface area contributed by atoms with Crippen molar-refractivity contribution in [2.24, 2.45) is 0 Å². The van der Waals surface area contributed by atoms with Crippen molar-refractivity contribution in [1.82, 2.24) is 4.98 Å². The van der Waals surface area contributed by atoms with Crippen LogP contribution >= 0.6 is 0 Å². The van der Waals surface area contributed by atoms with Crippen LogP contribution in [0, 0.1) is 10.1 Å². The van der Waals surface area contributed by atoms with Crippen molar-refractivity contribution in [3.63, 3.8) is 0 Å². The smallest absolute Gasteiger partial charge is 0.339 e. The number of aliphatic hydroxyl groups excluding tert-OH is 1. The number of carboxylic acids is 1. The number of nitrogens with one attached hydrogen (secondary N) is 1. The van der Waals surface area contributed by atoms with Crippen LogP contribution in [0.25, 0.3) is 0 Å². The first-order valence-electron chi connectivity index (χ1n) is 4.70. The Bertz CT molecular complexity index is 448. The summed E-state index contributed by atoms with van der Waals surface area (Å²) < 4.78 is 0. The molecule has 0 saturated heterocycles. The first kappa shape index (κ1) is 12.8. The molecule has 1 rings (SSSR count). The van der Waals surface area contributed by atoms with Gasteiger partial charge in [0.15, 0.2) is 0 Å². The van der Waals surface area contributed by atoms with Crippen LogP contribution in [0.3, 0.4) is 0 Å². The van der Waals surface area contributed by atoms with E-state index in [9.17, 15) is 14.9 Å². The number of hydrogen-bond acceptors (Lipinski definition) is 6. The maximum atomic E-state index is 10.9. The van der Waals surface area contributed by atoms with E-state index in [-0.39, 0.29) is 18.0 Å². The number of nitro groups is 1. The van der Waals surface area contributed by atoms with E-state index in [2.05, 4.69) is 10.3 Å². The van der Waals surface area contributed by atoms with Crippen LogP contribution in [-0.4, -0.2) is 38.7 Å². The molecule has 1 unspecified atom stereocenters. The molecule has 17 heavy (non-hydrogen) atoms. The topological polar surface area (TPSA) is 126 Å². The van der Waals surface area contributed by atoms with Gasteiger partial charge in [0.25, 0.3) is 5.69 Å². The average molecular weight is 241 g/mol. The van der Waals surface area contributed by atoms with Gasteiger partial charge in [0.05, 0.1) is 11.5 Å².